The number of benzene rings is 1. The molecule has 1 aromatic heterocycles. The van der Waals surface area contributed by atoms with Crippen molar-refractivity contribution in [3.63, 3.8) is 0 Å². The number of aromatic nitrogens is 1. The van der Waals surface area contributed by atoms with Crippen LogP contribution in [-0.2, 0) is 17.9 Å². The van der Waals surface area contributed by atoms with Crippen molar-refractivity contribution in [2.24, 2.45) is 11.8 Å². The van der Waals surface area contributed by atoms with Crippen LogP contribution < -0.4 is 4.74 Å². The molecule has 0 bridgehead atoms. The van der Waals surface area contributed by atoms with Crippen LogP contribution in [0.2, 0.25) is 0 Å². The molecule has 1 amide bonds. The third-order valence-corrected chi connectivity index (χ3v) is 6.01. The van der Waals surface area contributed by atoms with Gasteiger partial charge in [0.15, 0.2) is 0 Å². The summed E-state index contributed by atoms with van der Waals surface area (Å²) >= 11 is 1.69. The number of nitrogens with zero attached hydrogens (tertiary/aromatic N) is 3. The number of likely N-dealkylation sites (tertiary alicyclic amines) is 2. The SMILES string of the molecule is COc1ccc(CN2C[C@H]3CN(Cc4csc(C)n4)C[C@H]3C2=O)cc1. The minimum absolute atomic E-state index is 0.151. The van der Waals surface area contributed by atoms with E-state index in [0.29, 0.717) is 18.4 Å². The fourth-order valence-electron chi connectivity index (χ4n) is 3.97. The van der Waals surface area contributed by atoms with Crippen molar-refractivity contribution in [3.8, 4) is 5.75 Å². The van der Waals surface area contributed by atoms with Crippen LogP contribution in [0.5, 0.6) is 5.75 Å². The summed E-state index contributed by atoms with van der Waals surface area (Å²) in [4.78, 5) is 21.7. The number of fused-ring (bicyclic) bond motifs is 1. The number of aryl methyl sites for hydroxylation is 1. The van der Waals surface area contributed by atoms with Gasteiger partial charge >= 0.3 is 0 Å². The Balaban J connectivity index is 1.35. The first-order chi connectivity index (χ1) is 12.1. The van der Waals surface area contributed by atoms with Crippen LogP contribution in [-0.4, -0.2) is 47.4 Å². The molecule has 132 valence electrons. The Bertz CT molecular complexity index is 758. The Kier molecular flexibility index (Phi) is 4.48. The second kappa shape index (κ2) is 6.77. The van der Waals surface area contributed by atoms with Crippen molar-refractivity contribution in [2.75, 3.05) is 26.7 Å². The van der Waals surface area contributed by atoms with E-state index in [1.54, 1.807) is 18.4 Å². The van der Waals surface area contributed by atoms with E-state index in [9.17, 15) is 4.79 Å². The van der Waals surface area contributed by atoms with E-state index in [-0.39, 0.29) is 5.92 Å². The van der Waals surface area contributed by atoms with Gasteiger partial charge in [-0.05, 0) is 24.6 Å². The highest BCUT2D eigenvalue weighted by atomic mass is 32.1. The molecule has 2 fully saturated rings. The molecule has 3 heterocycles. The quantitative estimate of drug-likeness (QED) is 0.825. The summed E-state index contributed by atoms with van der Waals surface area (Å²) < 4.78 is 5.19. The van der Waals surface area contributed by atoms with E-state index in [2.05, 4.69) is 15.3 Å². The fraction of sp³-hybridized carbons (Fsp3) is 0.474. The molecule has 0 unspecified atom stereocenters. The second-order valence-electron chi connectivity index (χ2n) is 6.99. The van der Waals surface area contributed by atoms with Gasteiger partial charge in [0.1, 0.15) is 5.75 Å². The summed E-state index contributed by atoms with van der Waals surface area (Å²) in [5.41, 5.74) is 2.29. The maximum atomic E-state index is 12.8. The van der Waals surface area contributed by atoms with Crippen molar-refractivity contribution in [1.29, 1.82) is 0 Å². The number of ether oxygens (including phenoxy) is 1. The number of hydrogen-bond donors (Lipinski definition) is 0. The van der Waals surface area contributed by atoms with Gasteiger partial charge < -0.3 is 9.64 Å². The molecule has 2 aromatic rings. The van der Waals surface area contributed by atoms with Crippen LogP contribution >= 0.6 is 11.3 Å². The van der Waals surface area contributed by atoms with Crippen molar-refractivity contribution in [2.45, 2.75) is 20.0 Å². The first kappa shape index (κ1) is 16.5. The normalized spacial score (nSPS) is 23.3. The molecule has 0 spiro atoms. The van der Waals surface area contributed by atoms with Crippen LogP contribution in [0.25, 0.3) is 0 Å². The molecule has 0 radical (unpaired) electrons. The summed E-state index contributed by atoms with van der Waals surface area (Å²) in [5, 5.41) is 3.23. The average molecular weight is 357 g/mol. The summed E-state index contributed by atoms with van der Waals surface area (Å²) in [7, 11) is 1.67. The van der Waals surface area contributed by atoms with Crippen molar-refractivity contribution < 1.29 is 9.53 Å². The van der Waals surface area contributed by atoms with Gasteiger partial charge in [-0.1, -0.05) is 12.1 Å². The van der Waals surface area contributed by atoms with E-state index in [1.807, 2.05) is 36.1 Å². The van der Waals surface area contributed by atoms with Crippen LogP contribution in [0.1, 0.15) is 16.3 Å². The maximum Gasteiger partial charge on any atom is 0.227 e. The number of methoxy groups -OCH3 is 1. The summed E-state index contributed by atoms with van der Waals surface area (Å²) in [5.74, 6) is 1.75. The smallest absolute Gasteiger partial charge is 0.227 e. The lowest BCUT2D eigenvalue weighted by Gasteiger charge is -2.21. The van der Waals surface area contributed by atoms with E-state index in [0.717, 1.165) is 48.2 Å². The monoisotopic (exact) mass is 357 g/mol. The molecule has 1 aromatic carbocycles. The molecule has 0 N–H and O–H groups in total. The average Bonchev–Trinajstić information content (AvgIpc) is 3.27. The third-order valence-electron chi connectivity index (χ3n) is 5.19. The number of carbonyl (C=O) groups excluding carboxylic acids is 1. The van der Waals surface area contributed by atoms with Crippen molar-refractivity contribution in [1.82, 2.24) is 14.8 Å². The molecule has 2 atom stereocenters. The van der Waals surface area contributed by atoms with Gasteiger partial charge in [0, 0.05) is 44.0 Å². The van der Waals surface area contributed by atoms with Crippen LogP contribution in [0.4, 0.5) is 0 Å². The lowest BCUT2D eigenvalue weighted by Crippen LogP contribution is -2.32. The van der Waals surface area contributed by atoms with Gasteiger partial charge in [0.2, 0.25) is 5.91 Å². The van der Waals surface area contributed by atoms with Gasteiger partial charge in [-0.3, -0.25) is 9.69 Å². The third kappa shape index (κ3) is 3.41. The highest BCUT2D eigenvalue weighted by Crippen LogP contribution is 2.34. The van der Waals surface area contributed by atoms with Gasteiger partial charge in [-0.2, -0.15) is 0 Å². The topological polar surface area (TPSA) is 45.7 Å². The molecular formula is C19H23N3O2S. The molecule has 2 aliphatic rings. The highest BCUT2D eigenvalue weighted by molar-refractivity contribution is 7.09. The van der Waals surface area contributed by atoms with Crippen LogP contribution in [0, 0.1) is 18.8 Å². The summed E-state index contributed by atoms with van der Waals surface area (Å²) in [6.07, 6.45) is 0. The Morgan fingerprint density at radius 1 is 1.20 bits per heavy atom. The number of amides is 1. The van der Waals surface area contributed by atoms with E-state index < -0.39 is 0 Å². The van der Waals surface area contributed by atoms with E-state index >= 15 is 0 Å². The van der Waals surface area contributed by atoms with Crippen molar-refractivity contribution >= 4 is 17.2 Å². The molecular weight excluding hydrogens is 334 g/mol. The largest absolute Gasteiger partial charge is 0.497 e. The lowest BCUT2D eigenvalue weighted by atomic mass is 10.0. The predicted molar refractivity (Wildman–Crippen MR) is 97.5 cm³/mol. The fourth-order valence-corrected chi connectivity index (χ4v) is 4.57. The Labute approximate surface area is 152 Å². The zero-order valence-electron chi connectivity index (χ0n) is 14.6. The second-order valence-corrected chi connectivity index (χ2v) is 8.05. The Hall–Kier alpha value is -1.92. The van der Waals surface area contributed by atoms with Gasteiger partial charge in [0.25, 0.3) is 0 Å². The Morgan fingerprint density at radius 2 is 2.00 bits per heavy atom. The maximum absolute atomic E-state index is 12.8. The van der Waals surface area contributed by atoms with Gasteiger partial charge in [0.05, 0.1) is 23.7 Å². The zero-order chi connectivity index (χ0) is 17.4. The predicted octanol–water partition coefficient (Wildman–Crippen LogP) is 2.55. The molecule has 4 rings (SSSR count). The molecule has 0 saturated carbocycles. The van der Waals surface area contributed by atoms with Gasteiger partial charge in [-0.25, -0.2) is 4.98 Å². The minimum atomic E-state index is 0.151. The molecule has 5 nitrogen and oxygen atoms in total. The number of carbonyl (C=O) groups is 1. The molecule has 0 aliphatic carbocycles. The minimum Gasteiger partial charge on any atom is -0.497 e. The molecule has 2 saturated heterocycles. The van der Waals surface area contributed by atoms with Crippen LogP contribution in [0.15, 0.2) is 29.6 Å². The standard InChI is InChI=1S/C19H23N3O2S/c1-13-20-16(12-25-13)10-21-8-15-9-22(19(23)18(15)11-21)7-14-3-5-17(24-2)6-4-14/h3-6,12,15,18H,7-11H2,1-2H3/t15-,18-/m1/s1. The Morgan fingerprint density at radius 3 is 2.64 bits per heavy atom. The molecule has 2 aliphatic heterocycles. The van der Waals surface area contributed by atoms with Crippen molar-refractivity contribution in [3.05, 3.63) is 45.9 Å². The lowest BCUT2D eigenvalue weighted by molar-refractivity contribution is -0.131. The molecule has 6 heteroatoms. The number of hydrogen-bond acceptors (Lipinski definition) is 5. The first-order valence-corrected chi connectivity index (χ1v) is 9.55. The summed E-state index contributed by atoms with van der Waals surface area (Å²) in [6.45, 7) is 6.31. The zero-order valence-corrected chi connectivity index (χ0v) is 15.5. The molecule has 25 heavy (non-hydrogen) atoms. The first-order valence-electron chi connectivity index (χ1n) is 8.67. The van der Waals surface area contributed by atoms with Crippen LogP contribution in [0.3, 0.4) is 0 Å². The van der Waals surface area contributed by atoms with E-state index in [1.165, 1.54) is 0 Å². The van der Waals surface area contributed by atoms with Gasteiger partial charge in [-0.15, -0.1) is 11.3 Å². The number of thiazole rings is 1. The van der Waals surface area contributed by atoms with E-state index in [4.69, 9.17) is 4.74 Å². The highest BCUT2D eigenvalue weighted by Gasteiger charge is 2.45. The summed E-state index contributed by atoms with van der Waals surface area (Å²) in [6, 6.07) is 7.98. The number of rotatable bonds is 5.